The molecular formula is C15H21NO2S. The molecule has 104 valence electrons. The Morgan fingerprint density at radius 3 is 3.05 bits per heavy atom. The fraction of sp³-hybridized carbons (Fsp3) is 0.667. The van der Waals surface area contributed by atoms with Crippen LogP contribution in [0.2, 0.25) is 0 Å². The van der Waals surface area contributed by atoms with E-state index in [0.717, 1.165) is 24.3 Å². The van der Waals surface area contributed by atoms with Gasteiger partial charge in [0.05, 0.1) is 11.2 Å². The average molecular weight is 279 g/mol. The third kappa shape index (κ3) is 2.43. The van der Waals surface area contributed by atoms with Crippen LogP contribution in [0.3, 0.4) is 0 Å². The van der Waals surface area contributed by atoms with E-state index in [9.17, 15) is 9.90 Å². The number of amides is 1. The number of aliphatic hydroxyl groups is 1. The highest BCUT2D eigenvalue weighted by Gasteiger charge is 2.35. The molecule has 1 fully saturated rings. The van der Waals surface area contributed by atoms with Gasteiger partial charge in [-0.15, -0.1) is 11.3 Å². The van der Waals surface area contributed by atoms with Crippen LogP contribution >= 0.6 is 11.3 Å². The minimum atomic E-state index is -0.708. The molecule has 0 bridgehead atoms. The molecule has 1 N–H and O–H groups in total. The standard InChI is InChI=1S/C15H21NO2S/c1-10-3-4-11-12(8-19-13(11)7-10)14(17)16-6-5-15(2,18)9-16/h8,10,18H,3-7,9H2,1-2H3. The molecule has 19 heavy (non-hydrogen) atoms. The molecule has 2 unspecified atom stereocenters. The summed E-state index contributed by atoms with van der Waals surface area (Å²) in [4.78, 5) is 15.8. The first-order valence-corrected chi connectivity index (χ1v) is 7.95. The molecule has 3 nitrogen and oxygen atoms in total. The van der Waals surface area contributed by atoms with Gasteiger partial charge in [0, 0.05) is 23.3 Å². The Bertz CT molecular complexity index is 506. The van der Waals surface area contributed by atoms with Crippen molar-refractivity contribution in [2.24, 2.45) is 5.92 Å². The molecule has 1 aliphatic carbocycles. The Labute approximate surface area is 118 Å². The Hall–Kier alpha value is -0.870. The molecule has 4 heteroatoms. The fourth-order valence-corrected chi connectivity index (χ4v) is 4.38. The molecule has 2 aliphatic rings. The van der Waals surface area contributed by atoms with Gasteiger partial charge in [-0.05, 0) is 44.1 Å². The zero-order chi connectivity index (χ0) is 13.6. The summed E-state index contributed by atoms with van der Waals surface area (Å²) in [7, 11) is 0. The van der Waals surface area contributed by atoms with Crippen LogP contribution in [0.25, 0.3) is 0 Å². The predicted molar refractivity (Wildman–Crippen MR) is 76.7 cm³/mol. The molecule has 0 saturated carbocycles. The van der Waals surface area contributed by atoms with Gasteiger partial charge in [-0.3, -0.25) is 4.79 Å². The minimum absolute atomic E-state index is 0.116. The first kappa shape index (κ1) is 13.1. The molecule has 1 saturated heterocycles. The van der Waals surface area contributed by atoms with E-state index in [1.807, 2.05) is 12.3 Å². The Balaban J connectivity index is 1.82. The summed E-state index contributed by atoms with van der Waals surface area (Å²) in [5, 5.41) is 12.0. The number of β-amino-alcohol motifs (C(OH)–C–C–N with tert-alkyl or cyclic N) is 1. The van der Waals surface area contributed by atoms with E-state index in [-0.39, 0.29) is 5.91 Å². The summed E-state index contributed by atoms with van der Waals surface area (Å²) in [5.74, 6) is 0.853. The molecule has 2 atom stereocenters. The summed E-state index contributed by atoms with van der Waals surface area (Å²) in [6.07, 6.45) is 4.01. The van der Waals surface area contributed by atoms with Crippen molar-refractivity contribution in [3.05, 3.63) is 21.4 Å². The van der Waals surface area contributed by atoms with Gasteiger partial charge in [0.15, 0.2) is 0 Å². The maximum absolute atomic E-state index is 12.6. The normalized spacial score (nSPS) is 30.5. The SMILES string of the molecule is CC1CCc2c(C(=O)N3CCC(C)(O)C3)csc2C1. The lowest BCUT2D eigenvalue weighted by atomic mass is 9.88. The molecule has 3 rings (SSSR count). The number of rotatable bonds is 1. The largest absolute Gasteiger partial charge is 0.388 e. The quantitative estimate of drug-likeness (QED) is 0.858. The molecule has 1 amide bonds. The fourth-order valence-electron chi connectivity index (χ4n) is 3.15. The lowest BCUT2D eigenvalue weighted by Crippen LogP contribution is -2.34. The van der Waals surface area contributed by atoms with Crippen LogP contribution in [0.1, 0.15) is 47.5 Å². The highest BCUT2D eigenvalue weighted by molar-refractivity contribution is 7.10. The van der Waals surface area contributed by atoms with Crippen molar-refractivity contribution >= 4 is 17.2 Å². The van der Waals surface area contributed by atoms with Crippen molar-refractivity contribution in [1.29, 1.82) is 0 Å². The van der Waals surface area contributed by atoms with Gasteiger partial charge >= 0.3 is 0 Å². The van der Waals surface area contributed by atoms with E-state index in [2.05, 4.69) is 6.92 Å². The second-order valence-corrected chi connectivity index (χ2v) is 7.34. The number of hydrogen-bond donors (Lipinski definition) is 1. The van der Waals surface area contributed by atoms with Crippen LogP contribution < -0.4 is 0 Å². The van der Waals surface area contributed by atoms with Crippen molar-refractivity contribution in [1.82, 2.24) is 4.90 Å². The molecule has 1 aliphatic heterocycles. The summed E-state index contributed by atoms with van der Waals surface area (Å²) >= 11 is 1.73. The van der Waals surface area contributed by atoms with Gasteiger partial charge < -0.3 is 10.0 Å². The zero-order valence-corrected chi connectivity index (χ0v) is 12.4. The van der Waals surface area contributed by atoms with Crippen molar-refractivity contribution < 1.29 is 9.90 Å². The number of hydrogen-bond acceptors (Lipinski definition) is 3. The van der Waals surface area contributed by atoms with Gasteiger partial charge in [-0.1, -0.05) is 6.92 Å². The molecule has 0 radical (unpaired) electrons. The Kier molecular flexibility index (Phi) is 3.18. The molecule has 1 aromatic heterocycles. The Morgan fingerprint density at radius 2 is 2.37 bits per heavy atom. The number of nitrogens with zero attached hydrogens (tertiary/aromatic N) is 1. The van der Waals surface area contributed by atoms with Crippen molar-refractivity contribution in [2.75, 3.05) is 13.1 Å². The highest BCUT2D eigenvalue weighted by Crippen LogP contribution is 2.34. The van der Waals surface area contributed by atoms with E-state index in [1.54, 1.807) is 16.2 Å². The van der Waals surface area contributed by atoms with Gasteiger partial charge in [0.25, 0.3) is 5.91 Å². The number of thiophene rings is 1. The van der Waals surface area contributed by atoms with Crippen molar-refractivity contribution in [2.45, 2.75) is 45.1 Å². The van der Waals surface area contributed by atoms with Crippen molar-refractivity contribution in [3.8, 4) is 0 Å². The summed E-state index contributed by atoms with van der Waals surface area (Å²) in [6.45, 7) is 5.23. The predicted octanol–water partition coefficient (Wildman–Crippen LogP) is 2.47. The number of carbonyl (C=O) groups is 1. The van der Waals surface area contributed by atoms with Gasteiger partial charge in [-0.25, -0.2) is 0 Å². The van der Waals surface area contributed by atoms with E-state index >= 15 is 0 Å². The molecule has 0 spiro atoms. The monoisotopic (exact) mass is 279 g/mol. The van der Waals surface area contributed by atoms with Crippen LogP contribution in [0, 0.1) is 5.92 Å². The smallest absolute Gasteiger partial charge is 0.255 e. The molecular weight excluding hydrogens is 258 g/mol. The van der Waals surface area contributed by atoms with Crippen LogP contribution in [0.15, 0.2) is 5.38 Å². The van der Waals surface area contributed by atoms with Crippen LogP contribution in [0.4, 0.5) is 0 Å². The Morgan fingerprint density at radius 1 is 1.58 bits per heavy atom. The second kappa shape index (κ2) is 4.60. The van der Waals surface area contributed by atoms with E-state index in [4.69, 9.17) is 0 Å². The van der Waals surface area contributed by atoms with E-state index < -0.39 is 5.60 Å². The molecule has 2 heterocycles. The van der Waals surface area contributed by atoms with Gasteiger partial charge in [-0.2, -0.15) is 0 Å². The maximum atomic E-state index is 12.6. The van der Waals surface area contributed by atoms with Crippen LogP contribution in [-0.4, -0.2) is 34.6 Å². The third-order valence-corrected chi connectivity index (χ3v) is 5.42. The third-order valence-electron chi connectivity index (χ3n) is 4.37. The summed E-state index contributed by atoms with van der Waals surface area (Å²) in [5.41, 5.74) is 1.46. The maximum Gasteiger partial charge on any atom is 0.255 e. The van der Waals surface area contributed by atoms with Crippen LogP contribution in [0.5, 0.6) is 0 Å². The van der Waals surface area contributed by atoms with E-state index in [0.29, 0.717) is 19.5 Å². The van der Waals surface area contributed by atoms with Gasteiger partial charge in [0.1, 0.15) is 0 Å². The summed E-state index contributed by atoms with van der Waals surface area (Å²) < 4.78 is 0. The number of carbonyl (C=O) groups excluding carboxylic acids is 1. The zero-order valence-electron chi connectivity index (χ0n) is 11.6. The average Bonchev–Trinajstić information content (AvgIpc) is 2.91. The minimum Gasteiger partial charge on any atom is -0.388 e. The van der Waals surface area contributed by atoms with Crippen molar-refractivity contribution in [3.63, 3.8) is 0 Å². The number of fused-ring (bicyclic) bond motifs is 1. The number of likely N-dealkylation sites (tertiary alicyclic amines) is 1. The molecule has 0 aromatic carbocycles. The topological polar surface area (TPSA) is 40.5 Å². The first-order valence-electron chi connectivity index (χ1n) is 7.07. The van der Waals surface area contributed by atoms with Gasteiger partial charge in [0.2, 0.25) is 0 Å². The van der Waals surface area contributed by atoms with Crippen LogP contribution in [-0.2, 0) is 12.8 Å². The highest BCUT2D eigenvalue weighted by atomic mass is 32.1. The molecule has 1 aromatic rings. The van der Waals surface area contributed by atoms with E-state index in [1.165, 1.54) is 16.9 Å². The lowest BCUT2D eigenvalue weighted by Gasteiger charge is -2.22. The lowest BCUT2D eigenvalue weighted by molar-refractivity contribution is 0.0571. The summed E-state index contributed by atoms with van der Waals surface area (Å²) in [6, 6.07) is 0. The second-order valence-electron chi connectivity index (χ2n) is 6.37. The first-order chi connectivity index (χ1) is 8.96.